The number of carbonyl (C=O) groups is 1. The third-order valence-electron chi connectivity index (χ3n) is 3.08. The molecule has 0 aliphatic rings. The van der Waals surface area contributed by atoms with Gasteiger partial charge in [0.25, 0.3) is 0 Å². The second-order valence-corrected chi connectivity index (χ2v) is 5.53. The lowest BCUT2D eigenvalue weighted by Crippen LogP contribution is -2.34. The number of unbranched alkanes of at least 4 members (excludes halogenated alkanes) is 2. The molecule has 1 amide bonds. The first-order chi connectivity index (χ1) is 9.29. The maximum atomic E-state index is 12.1. The minimum Gasteiger partial charge on any atom is -0.356 e. The van der Waals surface area contributed by atoms with Crippen LogP contribution in [0.15, 0.2) is 30.3 Å². The Morgan fingerprint density at radius 1 is 1.26 bits per heavy atom. The summed E-state index contributed by atoms with van der Waals surface area (Å²) in [6.07, 6.45) is 5.54. The van der Waals surface area contributed by atoms with E-state index in [9.17, 15) is 4.79 Å². The molecule has 0 saturated carbocycles. The lowest BCUT2D eigenvalue weighted by molar-refractivity contribution is -0.122. The van der Waals surface area contributed by atoms with E-state index in [2.05, 4.69) is 11.6 Å². The first kappa shape index (κ1) is 16.1. The maximum Gasteiger partial charge on any atom is 0.228 e. The van der Waals surface area contributed by atoms with Crippen molar-refractivity contribution in [3.63, 3.8) is 0 Å². The molecule has 106 valence electrons. The van der Waals surface area contributed by atoms with Crippen molar-refractivity contribution in [2.75, 3.05) is 25.1 Å². The van der Waals surface area contributed by atoms with Gasteiger partial charge in [0, 0.05) is 13.1 Å². The number of rotatable bonds is 9. The number of nitrogens with one attached hydrogen (secondary N) is 1. The molecule has 3 nitrogen and oxygen atoms in total. The van der Waals surface area contributed by atoms with Crippen LogP contribution in [0.5, 0.6) is 0 Å². The van der Waals surface area contributed by atoms with Gasteiger partial charge in [0.1, 0.15) is 0 Å². The molecule has 1 unspecified atom stereocenters. The summed E-state index contributed by atoms with van der Waals surface area (Å²) in [4.78, 5) is 12.1. The number of nitrogens with two attached hydrogens (primary N) is 1. The normalized spacial score (nSPS) is 12.1. The molecule has 0 spiro atoms. The number of hydrogen-bond acceptors (Lipinski definition) is 3. The third-order valence-corrected chi connectivity index (χ3v) is 3.78. The molecule has 0 aliphatic carbocycles. The molecule has 19 heavy (non-hydrogen) atoms. The molecule has 1 rings (SSSR count). The standard InChI is InChI=1S/C15H24N2OS/c1-19-11-7-3-6-10-17-15(18)14(12-16)13-8-4-2-5-9-13/h2,4-5,8-9,14H,3,6-7,10-12,16H2,1H3,(H,17,18). The summed E-state index contributed by atoms with van der Waals surface area (Å²) >= 11 is 1.87. The molecule has 3 N–H and O–H groups in total. The highest BCUT2D eigenvalue weighted by molar-refractivity contribution is 7.98. The average molecular weight is 280 g/mol. The van der Waals surface area contributed by atoms with Crippen LogP contribution in [0.3, 0.4) is 0 Å². The van der Waals surface area contributed by atoms with Crippen molar-refractivity contribution in [3.8, 4) is 0 Å². The molecule has 1 aromatic rings. The highest BCUT2D eigenvalue weighted by Crippen LogP contribution is 2.14. The predicted molar refractivity (Wildman–Crippen MR) is 83.5 cm³/mol. The van der Waals surface area contributed by atoms with E-state index in [-0.39, 0.29) is 11.8 Å². The third kappa shape index (κ3) is 6.12. The van der Waals surface area contributed by atoms with E-state index >= 15 is 0 Å². The Kier molecular flexibility index (Phi) is 8.34. The zero-order valence-corrected chi connectivity index (χ0v) is 12.4. The summed E-state index contributed by atoms with van der Waals surface area (Å²) in [6.45, 7) is 1.10. The van der Waals surface area contributed by atoms with Crippen molar-refractivity contribution < 1.29 is 4.79 Å². The van der Waals surface area contributed by atoms with E-state index in [4.69, 9.17) is 5.73 Å². The zero-order chi connectivity index (χ0) is 13.9. The van der Waals surface area contributed by atoms with Crippen molar-refractivity contribution in [2.45, 2.75) is 25.2 Å². The van der Waals surface area contributed by atoms with Gasteiger partial charge in [-0.1, -0.05) is 36.8 Å². The number of carbonyl (C=O) groups excluding carboxylic acids is 1. The van der Waals surface area contributed by atoms with Crippen LogP contribution < -0.4 is 11.1 Å². The van der Waals surface area contributed by atoms with Gasteiger partial charge in [-0.05, 0) is 30.4 Å². The van der Waals surface area contributed by atoms with Crippen molar-refractivity contribution >= 4 is 17.7 Å². The number of amides is 1. The molecule has 0 aliphatic heterocycles. The second-order valence-electron chi connectivity index (χ2n) is 4.54. The summed E-state index contributed by atoms with van der Waals surface area (Å²) in [6, 6.07) is 9.73. The average Bonchev–Trinajstić information content (AvgIpc) is 2.45. The predicted octanol–water partition coefficient (Wildman–Crippen LogP) is 2.38. The molecule has 4 heteroatoms. The van der Waals surface area contributed by atoms with Gasteiger partial charge in [0.15, 0.2) is 0 Å². The number of benzene rings is 1. The van der Waals surface area contributed by atoms with E-state index in [1.165, 1.54) is 18.6 Å². The number of thioether (sulfide) groups is 1. The minimum atomic E-state index is -0.229. The first-order valence-corrected chi connectivity index (χ1v) is 8.20. The van der Waals surface area contributed by atoms with Gasteiger partial charge in [0.2, 0.25) is 5.91 Å². The Morgan fingerprint density at radius 2 is 2.00 bits per heavy atom. The molecule has 1 aromatic carbocycles. The smallest absolute Gasteiger partial charge is 0.228 e. The molecular weight excluding hydrogens is 256 g/mol. The van der Waals surface area contributed by atoms with Gasteiger partial charge >= 0.3 is 0 Å². The lowest BCUT2D eigenvalue weighted by atomic mass is 9.98. The van der Waals surface area contributed by atoms with E-state index in [1.807, 2.05) is 42.1 Å². The van der Waals surface area contributed by atoms with Crippen molar-refractivity contribution in [1.82, 2.24) is 5.32 Å². The van der Waals surface area contributed by atoms with Crippen molar-refractivity contribution in [2.24, 2.45) is 5.73 Å². The Morgan fingerprint density at radius 3 is 2.63 bits per heavy atom. The Hall–Kier alpha value is -1.00. The highest BCUT2D eigenvalue weighted by Gasteiger charge is 2.17. The molecule has 0 saturated heterocycles. The van der Waals surface area contributed by atoms with Crippen LogP contribution in [0.2, 0.25) is 0 Å². The molecule has 1 atom stereocenters. The quantitative estimate of drug-likeness (QED) is 0.683. The maximum absolute atomic E-state index is 12.1. The van der Waals surface area contributed by atoms with Crippen LogP contribution in [0, 0.1) is 0 Å². The fourth-order valence-corrected chi connectivity index (χ4v) is 2.46. The van der Waals surface area contributed by atoms with E-state index in [1.54, 1.807) is 0 Å². The summed E-state index contributed by atoms with van der Waals surface area (Å²) in [5.41, 5.74) is 6.70. The van der Waals surface area contributed by atoms with Gasteiger partial charge in [0.05, 0.1) is 5.92 Å². The van der Waals surface area contributed by atoms with Gasteiger partial charge in [-0.2, -0.15) is 11.8 Å². The lowest BCUT2D eigenvalue weighted by Gasteiger charge is -2.15. The summed E-state index contributed by atoms with van der Waals surface area (Å²) in [7, 11) is 0. The SMILES string of the molecule is CSCCCCCNC(=O)C(CN)c1ccccc1. The van der Waals surface area contributed by atoms with Crippen molar-refractivity contribution in [3.05, 3.63) is 35.9 Å². The van der Waals surface area contributed by atoms with Crippen LogP contribution >= 0.6 is 11.8 Å². The van der Waals surface area contributed by atoms with Crippen LogP contribution in [-0.2, 0) is 4.79 Å². The zero-order valence-electron chi connectivity index (χ0n) is 11.6. The van der Waals surface area contributed by atoms with Crippen LogP contribution in [0.4, 0.5) is 0 Å². The van der Waals surface area contributed by atoms with Gasteiger partial charge < -0.3 is 11.1 Å². The highest BCUT2D eigenvalue weighted by atomic mass is 32.2. The summed E-state index contributed by atoms with van der Waals surface area (Å²) < 4.78 is 0. The van der Waals surface area contributed by atoms with Crippen molar-refractivity contribution in [1.29, 1.82) is 0 Å². The largest absolute Gasteiger partial charge is 0.356 e. The second kappa shape index (κ2) is 9.87. The summed E-state index contributed by atoms with van der Waals surface area (Å²) in [5, 5.41) is 2.98. The van der Waals surface area contributed by atoms with E-state index in [0.29, 0.717) is 6.54 Å². The van der Waals surface area contributed by atoms with E-state index < -0.39 is 0 Å². The Bertz CT molecular complexity index is 356. The fraction of sp³-hybridized carbons (Fsp3) is 0.533. The molecule has 0 bridgehead atoms. The van der Waals surface area contributed by atoms with Gasteiger partial charge in [-0.3, -0.25) is 4.79 Å². The molecule has 0 fully saturated rings. The van der Waals surface area contributed by atoms with Gasteiger partial charge in [-0.25, -0.2) is 0 Å². The fourth-order valence-electron chi connectivity index (χ4n) is 1.96. The summed E-state index contributed by atoms with van der Waals surface area (Å²) in [5.74, 6) is 1.01. The monoisotopic (exact) mass is 280 g/mol. The minimum absolute atomic E-state index is 0.0403. The van der Waals surface area contributed by atoms with Gasteiger partial charge in [-0.15, -0.1) is 0 Å². The molecule has 0 radical (unpaired) electrons. The Labute approximate surface area is 120 Å². The number of hydrogen-bond donors (Lipinski definition) is 2. The topological polar surface area (TPSA) is 55.1 Å². The Balaban J connectivity index is 2.31. The molecular formula is C15H24N2OS. The molecule has 0 heterocycles. The van der Waals surface area contributed by atoms with E-state index in [0.717, 1.165) is 18.5 Å². The molecule has 0 aromatic heterocycles. The first-order valence-electron chi connectivity index (χ1n) is 6.81. The van der Waals surface area contributed by atoms with Crippen LogP contribution in [0.25, 0.3) is 0 Å². The van der Waals surface area contributed by atoms with Crippen LogP contribution in [-0.4, -0.2) is 31.0 Å². The van der Waals surface area contributed by atoms with Crippen LogP contribution in [0.1, 0.15) is 30.7 Å².